The number of aromatic amines is 1. The summed E-state index contributed by atoms with van der Waals surface area (Å²) in [4.78, 5) is 3.59. The van der Waals surface area contributed by atoms with E-state index in [0.717, 1.165) is 15.5 Å². The number of H-pyrrole nitrogens is 1. The number of imidazole rings is 1. The molecule has 0 atom stereocenters. The molecule has 108 valence electrons. The number of benzene rings is 2. The van der Waals surface area contributed by atoms with Crippen molar-refractivity contribution in [3.63, 3.8) is 0 Å². The minimum Gasteiger partial charge on any atom is -0.330 e. The number of aromatic nitrogens is 2. The maximum absolute atomic E-state index is 12.7. The minimum absolute atomic E-state index is 0.477. The van der Waals surface area contributed by atoms with Gasteiger partial charge in [-0.2, -0.15) is 8.78 Å². The van der Waals surface area contributed by atoms with Crippen LogP contribution in [0.15, 0.2) is 51.8 Å². The molecular weight excluding hydrogens is 378 g/mol. The van der Waals surface area contributed by atoms with Crippen LogP contribution in [0.25, 0.3) is 16.7 Å². The van der Waals surface area contributed by atoms with Crippen LogP contribution < -0.4 is 0 Å². The number of hydrogen-bond donors (Lipinski definition) is 1. The van der Waals surface area contributed by atoms with E-state index in [1.54, 1.807) is 22.8 Å². The molecule has 0 unspecified atom stereocenters. The summed E-state index contributed by atoms with van der Waals surface area (Å²) >= 11 is 9.27. The zero-order chi connectivity index (χ0) is 15.0. The Bertz CT molecular complexity index is 858. The zero-order valence-corrected chi connectivity index (χ0v) is 13.7. The van der Waals surface area contributed by atoms with E-state index in [-0.39, 0.29) is 0 Å². The fourth-order valence-corrected chi connectivity index (χ4v) is 3.46. The van der Waals surface area contributed by atoms with Crippen LogP contribution in [0.3, 0.4) is 0 Å². The summed E-state index contributed by atoms with van der Waals surface area (Å²) in [6.45, 7) is 0. The standard InChI is InChI=1S/C14H9BrF2N2S2/c15-8-5-6-10-9(7-8)18-14(20)19(10)11-3-1-2-4-12(11)21-13(16)17/h1-7,13H,(H,18,20). The third-order valence-corrected chi connectivity index (χ3v) is 4.52. The van der Waals surface area contributed by atoms with Crippen LogP contribution in [-0.2, 0) is 0 Å². The van der Waals surface area contributed by atoms with Gasteiger partial charge in [0, 0.05) is 9.37 Å². The fourth-order valence-electron chi connectivity index (χ4n) is 2.16. The number of fused-ring (bicyclic) bond motifs is 1. The highest BCUT2D eigenvalue weighted by molar-refractivity contribution is 9.10. The van der Waals surface area contributed by atoms with Gasteiger partial charge in [-0.1, -0.05) is 39.8 Å². The number of thioether (sulfide) groups is 1. The number of alkyl halides is 2. The van der Waals surface area contributed by atoms with E-state index in [2.05, 4.69) is 20.9 Å². The Labute approximate surface area is 137 Å². The molecule has 1 N–H and O–H groups in total. The number of halogens is 3. The van der Waals surface area contributed by atoms with E-state index >= 15 is 0 Å². The first-order valence-corrected chi connectivity index (χ1v) is 8.09. The highest BCUT2D eigenvalue weighted by Gasteiger charge is 2.14. The van der Waals surface area contributed by atoms with E-state index < -0.39 is 5.76 Å². The normalized spacial score (nSPS) is 11.4. The van der Waals surface area contributed by atoms with Gasteiger partial charge in [-0.25, -0.2) is 0 Å². The quantitative estimate of drug-likeness (QED) is 0.455. The lowest BCUT2D eigenvalue weighted by molar-refractivity contribution is 0.252. The van der Waals surface area contributed by atoms with Crippen LogP contribution >= 0.6 is 39.9 Å². The summed E-state index contributed by atoms with van der Waals surface area (Å²) in [7, 11) is 0. The van der Waals surface area contributed by atoms with Crippen molar-refractivity contribution in [3.8, 4) is 5.69 Å². The zero-order valence-electron chi connectivity index (χ0n) is 10.5. The molecule has 0 saturated carbocycles. The minimum atomic E-state index is -2.47. The molecule has 0 spiro atoms. The third kappa shape index (κ3) is 2.90. The molecule has 3 rings (SSSR count). The predicted octanol–water partition coefficient (Wildman–Crippen LogP) is 5.77. The Balaban J connectivity index is 2.26. The monoisotopic (exact) mass is 386 g/mol. The number of nitrogens with one attached hydrogen (secondary N) is 1. The Morgan fingerprint density at radius 1 is 1.19 bits per heavy atom. The SMILES string of the molecule is FC(F)Sc1ccccc1-n1c(=S)[nH]c2cc(Br)ccc21. The molecular formula is C14H9BrF2N2S2. The van der Waals surface area contributed by atoms with Crippen LogP contribution in [0.4, 0.5) is 8.78 Å². The molecule has 0 bridgehead atoms. The topological polar surface area (TPSA) is 20.7 Å². The smallest absolute Gasteiger partial charge is 0.288 e. The molecule has 0 amide bonds. The first kappa shape index (κ1) is 14.7. The van der Waals surface area contributed by atoms with Gasteiger partial charge in [0.1, 0.15) is 0 Å². The van der Waals surface area contributed by atoms with Gasteiger partial charge in [0.15, 0.2) is 4.77 Å². The van der Waals surface area contributed by atoms with Crippen molar-refractivity contribution in [1.29, 1.82) is 0 Å². The van der Waals surface area contributed by atoms with Gasteiger partial charge < -0.3 is 4.98 Å². The van der Waals surface area contributed by atoms with E-state index in [9.17, 15) is 8.78 Å². The molecule has 1 heterocycles. The Morgan fingerprint density at radius 3 is 2.71 bits per heavy atom. The van der Waals surface area contributed by atoms with Gasteiger partial charge in [0.05, 0.1) is 16.7 Å². The van der Waals surface area contributed by atoms with Crippen molar-refractivity contribution < 1.29 is 8.78 Å². The van der Waals surface area contributed by atoms with Crippen molar-refractivity contribution in [2.75, 3.05) is 0 Å². The van der Waals surface area contributed by atoms with Crippen LogP contribution in [0.2, 0.25) is 0 Å². The summed E-state index contributed by atoms with van der Waals surface area (Å²) < 4.78 is 28.6. The third-order valence-electron chi connectivity index (χ3n) is 2.97. The summed E-state index contributed by atoms with van der Waals surface area (Å²) in [5, 5.41) is 0. The van der Waals surface area contributed by atoms with E-state index in [4.69, 9.17) is 12.2 Å². The number of nitrogens with zero attached hydrogens (tertiary/aromatic N) is 1. The van der Waals surface area contributed by atoms with Gasteiger partial charge in [-0.15, -0.1) is 0 Å². The lowest BCUT2D eigenvalue weighted by atomic mass is 10.3. The predicted molar refractivity (Wildman–Crippen MR) is 88.0 cm³/mol. The largest absolute Gasteiger partial charge is 0.330 e. The van der Waals surface area contributed by atoms with Crippen molar-refractivity contribution in [1.82, 2.24) is 9.55 Å². The molecule has 3 aromatic rings. The van der Waals surface area contributed by atoms with E-state index in [1.165, 1.54) is 0 Å². The van der Waals surface area contributed by atoms with Crippen LogP contribution in [0.1, 0.15) is 0 Å². The van der Waals surface area contributed by atoms with Crippen molar-refractivity contribution >= 4 is 50.9 Å². The highest BCUT2D eigenvalue weighted by atomic mass is 79.9. The molecule has 0 saturated heterocycles. The molecule has 0 fully saturated rings. The highest BCUT2D eigenvalue weighted by Crippen LogP contribution is 2.33. The molecule has 0 aliphatic carbocycles. The van der Waals surface area contributed by atoms with Crippen LogP contribution in [0, 0.1) is 4.77 Å². The first-order chi connectivity index (χ1) is 10.1. The summed E-state index contributed by atoms with van der Waals surface area (Å²) in [6, 6.07) is 12.7. The lowest BCUT2D eigenvalue weighted by Crippen LogP contribution is -1.97. The van der Waals surface area contributed by atoms with Crippen molar-refractivity contribution in [2.45, 2.75) is 10.7 Å². The van der Waals surface area contributed by atoms with Gasteiger partial charge in [0.2, 0.25) is 0 Å². The molecule has 7 heteroatoms. The second-order valence-electron chi connectivity index (χ2n) is 4.27. The number of rotatable bonds is 3. The molecule has 2 aromatic carbocycles. The first-order valence-electron chi connectivity index (χ1n) is 6.01. The Kier molecular flexibility index (Phi) is 4.14. The second kappa shape index (κ2) is 5.90. The molecule has 21 heavy (non-hydrogen) atoms. The lowest BCUT2D eigenvalue weighted by Gasteiger charge is -2.10. The van der Waals surface area contributed by atoms with Crippen molar-refractivity contribution in [3.05, 3.63) is 51.7 Å². The second-order valence-corrected chi connectivity index (χ2v) is 6.61. The Hall–Kier alpha value is -1.18. The molecule has 0 aliphatic heterocycles. The Morgan fingerprint density at radius 2 is 1.95 bits per heavy atom. The fraction of sp³-hybridized carbons (Fsp3) is 0.0714. The van der Waals surface area contributed by atoms with Gasteiger partial charge in [-0.3, -0.25) is 4.57 Å². The molecule has 0 aliphatic rings. The van der Waals surface area contributed by atoms with Crippen LogP contribution in [-0.4, -0.2) is 15.3 Å². The van der Waals surface area contributed by atoms with Crippen LogP contribution in [0.5, 0.6) is 0 Å². The maximum atomic E-state index is 12.7. The summed E-state index contributed by atoms with van der Waals surface area (Å²) in [5.41, 5.74) is 2.36. The van der Waals surface area contributed by atoms with Crippen molar-refractivity contribution in [2.24, 2.45) is 0 Å². The van der Waals surface area contributed by atoms with E-state index in [0.29, 0.717) is 27.1 Å². The number of hydrogen-bond acceptors (Lipinski definition) is 2. The van der Waals surface area contributed by atoms with Gasteiger partial charge >= 0.3 is 0 Å². The number of para-hydroxylation sites is 1. The summed E-state index contributed by atoms with van der Waals surface area (Å²) in [6.07, 6.45) is 0. The molecule has 2 nitrogen and oxygen atoms in total. The molecule has 0 radical (unpaired) electrons. The van der Waals surface area contributed by atoms with Gasteiger partial charge in [-0.05, 0) is 42.5 Å². The summed E-state index contributed by atoms with van der Waals surface area (Å²) in [5.74, 6) is -2.47. The van der Waals surface area contributed by atoms with E-state index in [1.807, 2.05) is 24.3 Å². The molecule has 1 aromatic heterocycles. The average molecular weight is 387 g/mol. The maximum Gasteiger partial charge on any atom is 0.288 e. The van der Waals surface area contributed by atoms with Gasteiger partial charge in [0.25, 0.3) is 5.76 Å². The average Bonchev–Trinajstić information content (AvgIpc) is 2.74.